The molecule has 214 valence electrons. The summed E-state index contributed by atoms with van der Waals surface area (Å²) in [6.45, 7) is 19.8. The van der Waals surface area contributed by atoms with Crippen molar-refractivity contribution < 1.29 is 9.84 Å². The fourth-order valence-corrected chi connectivity index (χ4v) is 12.6. The molecular weight excluding hydrogens is 478 g/mol. The summed E-state index contributed by atoms with van der Waals surface area (Å²) in [6, 6.07) is 8.94. The third-order valence-corrected chi connectivity index (χ3v) is 14.3. The largest absolute Gasteiger partial charge is 0.393 e. The molecule has 0 amide bonds. The fraction of sp³-hybridized carbons (Fsp3) is 0.778. The summed E-state index contributed by atoms with van der Waals surface area (Å²) in [5, 5.41) is 13.7. The molecule has 39 heavy (non-hydrogen) atoms. The minimum Gasteiger partial charge on any atom is -0.393 e. The Hall–Kier alpha value is -1.32. The number of ether oxygens (including phenoxy) is 1. The van der Waals surface area contributed by atoms with Crippen LogP contribution >= 0.6 is 0 Å². The Morgan fingerprint density at radius 2 is 1.56 bits per heavy atom. The first-order valence-electron chi connectivity index (χ1n) is 16.1. The monoisotopic (exact) mass is 531 g/mol. The number of H-pyrrole nitrogens is 1. The summed E-state index contributed by atoms with van der Waals surface area (Å²) in [6.07, 6.45) is 10.4. The molecule has 0 bridgehead atoms. The van der Waals surface area contributed by atoms with E-state index >= 15 is 0 Å². The lowest BCUT2D eigenvalue weighted by molar-refractivity contribution is -0.243. The molecule has 4 aliphatic carbocycles. The number of benzene rings is 1. The van der Waals surface area contributed by atoms with Crippen molar-refractivity contribution in [3.05, 3.63) is 35.5 Å². The Kier molecular flexibility index (Phi) is 5.41. The lowest BCUT2D eigenvalue weighted by Gasteiger charge is -2.70. The van der Waals surface area contributed by atoms with E-state index in [1.165, 1.54) is 48.7 Å². The maximum atomic E-state index is 12.2. The van der Waals surface area contributed by atoms with Gasteiger partial charge in [-0.3, -0.25) is 0 Å². The van der Waals surface area contributed by atoms with Crippen LogP contribution in [-0.4, -0.2) is 27.4 Å². The van der Waals surface area contributed by atoms with Gasteiger partial charge < -0.3 is 14.8 Å². The Bertz CT molecular complexity index is 1310. The summed E-state index contributed by atoms with van der Waals surface area (Å²) in [4.78, 5) is 3.88. The van der Waals surface area contributed by atoms with E-state index in [-0.39, 0.29) is 39.0 Å². The van der Waals surface area contributed by atoms with Crippen LogP contribution in [-0.2, 0) is 16.6 Å². The number of aromatic nitrogens is 1. The summed E-state index contributed by atoms with van der Waals surface area (Å²) in [5.41, 5.74) is 4.78. The van der Waals surface area contributed by atoms with Gasteiger partial charge in [0.05, 0.1) is 17.3 Å². The van der Waals surface area contributed by atoms with Crippen LogP contribution in [0.5, 0.6) is 0 Å². The van der Waals surface area contributed by atoms with Gasteiger partial charge in [0.1, 0.15) is 0 Å². The van der Waals surface area contributed by atoms with E-state index in [0.717, 1.165) is 25.7 Å². The smallest absolute Gasteiger partial charge is 0.0693 e. The van der Waals surface area contributed by atoms with E-state index in [2.05, 4.69) is 84.6 Å². The van der Waals surface area contributed by atoms with Crippen molar-refractivity contribution in [1.82, 2.24) is 4.98 Å². The molecule has 3 heteroatoms. The zero-order valence-electron chi connectivity index (χ0n) is 25.9. The topological polar surface area (TPSA) is 45.2 Å². The highest BCUT2D eigenvalue weighted by molar-refractivity contribution is 5.85. The summed E-state index contributed by atoms with van der Waals surface area (Å²) in [5.74, 6) is 1.92. The number of rotatable bonds is 1. The molecule has 3 nitrogen and oxygen atoms in total. The number of para-hydroxylation sites is 1. The number of aromatic amines is 1. The summed E-state index contributed by atoms with van der Waals surface area (Å²) in [7, 11) is 0. The Balaban J connectivity index is 1.30. The van der Waals surface area contributed by atoms with Gasteiger partial charge in [0, 0.05) is 22.0 Å². The maximum absolute atomic E-state index is 12.2. The molecule has 0 spiro atoms. The predicted octanol–water partition coefficient (Wildman–Crippen LogP) is 8.58. The van der Waals surface area contributed by atoms with Crippen LogP contribution in [0.3, 0.4) is 0 Å². The van der Waals surface area contributed by atoms with Gasteiger partial charge in [-0.25, -0.2) is 0 Å². The average molecular weight is 532 g/mol. The molecule has 0 radical (unpaired) electrons. The third-order valence-electron chi connectivity index (χ3n) is 14.3. The maximum Gasteiger partial charge on any atom is 0.0693 e. The molecule has 1 aromatic heterocycles. The highest BCUT2D eigenvalue weighted by Crippen LogP contribution is 2.75. The zero-order valence-corrected chi connectivity index (χ0v) is 25.9. The quantitative estimate of drug-likeness (QED) is 0.387. The van der Waals surface area contributed by atoms with E-state index in [4.69, 9.17) is 4.74 Å². The number of fused-ring (bicyclic) bond motifs is 8. The van der Waals surface area contributed by atoms with Crippen LogP contribution in [0.4, 0.5) is 0 Å². The van der Waals surface area contributed by atoms with E-state index < -0.39 is 0 Å². The van der Waals surface area contributed by atoms with E-state index in [1.807, 2.05) is 0 Å². The molecule has 5 aliphatic rings. The van der Waals surface area contributed by atoms with E-state index in [0.29, 0.717) is 23.7 Å². The highest BCUT2D eigenvalue weighted by atomic mass is 16.5. The minimum atomic E-state index is -0.242. The van der Waals surface area contributed by atoms with Gasteiger partial charge in [0.25, 0.3) is 0 Å². The van der Waals surface area contributed by atoms with E-state index in [9.17, 15) is 5.11 Å². The molecule has 2 aromatic rings. The van der Waals surface area contributed by atoms with Gasteiger partial charge in [-0.05, 0) is 130 Å². The average Bonchev–Trinajstić information content (AvgIpc) is 3.40. The molecular formula is C36H53NO2. The summed E-state index contributed by atoms with van der Waals surface area (Å²) >= 11 is 0. The molecule has 7 rings (SSSR count). The van der Waals surface area contributed by atoms with E-state index in [1.54, 1.807) is 5.56 Å². The Labute approximate surface area is 236 Å². The number of hydrogen-bond acceptors (Lipinski definition) is 2. The lowest BCUT2D eigenvalue weighted by Crippen LogP contribution is -2.66. The van der Waals surface area contributed by atoms with Crippen LogP contribution in [0.15, 0.2) is 24.3 Å². The fourth-order valence-electron chi connectivity index (χ4n) is 12.6. The minimum absolute atomic E-state index is 0.0612. The van der Waals surface area contributed by atoms with Crippen molar-refractivity contribution in [2.24, 2.45) is 39.9 Å². The second kappa shape index (κ2) is 7.94. The molecule has 9 atom stereocenters. The SMILES string of the molecule is CC1(C)CCC[C@](C)([C@H]2CC[C@]3(C)[C@@H]2[C@H](O)C[C@@H]2[C@@]4(C)Cc5c([nH]c6ccccc56)C(C)(C)[C@@H]4CC[C@]23C)O1. The molecule has 1 aliphatic heterocycles. The first-order valence-corrected chi connectivity index (χ1v) is 16.1. The van der Waals surface area contributed by atoms with Gasteiger partial charge >= 0.3 is 0 Å². The van der Waals surface area contributed by atoms with Crippen molar-refractivity contribution in [3.8, 4) is 0 Å². The Morgan fingerprint density at radius 1 is 0.846 bits per heavy atom. The molecule has 2 heterocycles. The predicted molar refractivity (Wildman–Crippen MR) is 160 cm³/mol. The van der Waals surface area contributed by atoms with Crippen LogP contribution in [0, 0.1) is 39.9 Å². The van der Waals surface area contributed by atoms with Crippen molar-refractivity contribution in [1.29, 1.82) is 0 Å². The number of hydrogen-bond donors (Lipinski definition) is 2. The van der Waals surface area contributed by atoms with Gasteiger partial charge in [-0.2, -0.15) is 0 Å². The first-order chi connectivity index (χ1) is 18.2. The lowest BCUT2D eigenvalue weighted by atomic mass is 9.35. The van der Waals surface area contributed by atoms with Gasteiger partial charge in [0.2, 0.25) is 0 Å². The molecule has 4 fully saturated rings. The zero-order chi connectivity index (χ0) is 27.8. The second-order valence-electron chi connectivity index (χ2n) is 16.9. The third kappa shape index (κ3) is 3.30. The van der Waals surface area contributed by atoms with Gasteiger partial charge in [-0.1, -0.05) is 52.8 Å². The highest BCUT2D eigenvalue weighted by Gasteiger charge is 2.71. The Morgan fingerprint density at radius 3 is 2.31 bits per heavy atom. The second-order valence-corrected chi connectivity index (χ2v) is 16.9. The number of aliphatic hydroxyl groups excluding tert-OH is 1. The van der Waals surface area contributed by atoms with Crippen LogP contribution in [0.2, 0.25) is 0 Å². The van der Waals surface area contributed by atoms with Crippen molar-refractivity contribution in [3.63, 3.8) is 0 Å². The number of nitrogens with one attached hydrogen (secondary N) is 1. The first kappa shape index (κ1) is 26.6. The molecule has 3 saturated carbocycles. The van der Waals surface area contributed by atoms with Crippen LogP contribution < -0.4 is 0 Å². The number of aliphatic hydroxyl groups is 1. The molecule has 0 unspecified atom stereocenters. The van der Waals surface area contributed by atoms with Gasteiger partial charge in [0.15, 0.2) is 0 Å². The standard InChI is InChI=1S/C36H53NO2/c1-31(2)16-11-17-36(8,39-31)24-14-18-35(7)29(24)26(38)20-28-33(5)21-23-22-12-9-10-13-25(22)37-30(23)32(3,4)27(33)15-19-34(28,35)6/h9-10,12-13,24,26-29,37-38H,11,14-21H2,1-8H3/t24-,26+,27-,28+,29-,33-,34+,35+,36+/m0/s1. The van der Waals surface area contributed by atoms with Crippen molar-refractivity contribution in [2.75, 3.05) is 0 Å². The van der Waals surface area contributed by atoms with Gasteiger partial charge in [-0.15, -0.1) is 0 Å². The molecule has 1 saturated heterocycles. The molecule has 2 N–H and O–H groups in total. The van der Waals surface area contributed by atoms with Crippen LogP contribution in [0.1, 0.15) is 118 Å². The van der Waals surface area contributed by atoms with Crippen LogP contribution in [0.25, 0.3) is 10.9 Å². The summed E-state index contributed by atoms with van der Waals surface area (Å²) < 4.78 is 6.95. The molecule has 1 aromatic carbocycles. The van der Waals surface area contributed by atoms with Crippen molar-refractivity contribution >= 4 is 10.9 Å². The van der Waals surface area contributed by atoms with Crippen molar-refractivity contribution in [2.45, 2.75) is 136 Å². The normalized spacial score (nSPS) is 48.2.